The molecular formula is C5H8N3NaO3S3. The molecule has 0 fully saturated rings. The summed E-state index contributed by atoms with van der Waals surface area (Å²) in [6.45, 7) is 0. The number of H-pyrrole nitrogens is 2. The summed E-state index contributed by atoms with van der Waals surface area (Å²) in [5.74, 6) is 0.169. The second-order valence-corrected chi connectivity index (χ2v) is 5.43. The van der Waals surface area contributed by atoms with E-state index in [1.165, 1.54) is 11.8 Å². The van der Waals surface area contributed by atoms with Gasteiger partial charge in [-0.15, -0.1) is 0 Å². The summed E-state index contributed by atoms with van der Waals surface area (Å²) in [5, 5.41) is 5.90. The van der Waals surface area contributed by atoms with Crippen molar-refractivity contribution in [2.75, 3.05) is 11.5 Å². The maximum absolute atomic E-state index is 10.2. The standard InChI is InChI=1S/C5H9N3O3S3.Na/c9-14(10,11)3-1-2-13-5-6-4(12)7-8-5;/h1-3H2,(H,9,10,11)(H2,6,7,8,12);/q;+1/p-1. The van der Waals surface area contributed by atoms with E-state index < -0.39 is 10.1 Å². The normalized spacial score (nSPS) is 11.0. The minimum Gasteiger partial charge on any atom is -0.748 e. The largest absolute Gasteiger partial charge is 1.00 e. The summed E-state index contributed by atoms with van der Waals surface area (Å²) in [6.07, 6.45) is 0.309. The second kappa shape index (κ2) is 7.05. The van der Waals surface area contributed by atoms with Crippen molar-refractivity contribution in [1.82, 2.24) is 15.2 Å². The van der Waals surface area contributed by atoms with Crippen LogP contribution in [0, 0.1) is 4.77 Å². The molecular weight excluding hydrogens is 269 g/mol. The van der Waals surface area contributed by atoms with E-state index >= 15 is 0 Å². The fourth-order valence-electron chi connectivity index (χ4n) is 0.728. The maximum atomic E-state index is 10.2. The van der Waals surface area contributed by atoms with Gasteiger partial charge in [0.2, 0.25) is 4.77 Å². The van der Waals surface area contributed by atoms with Crippen molar-refractivity contribution in [3.63, 3.8) is 0 Å². The van der Waals surface area contributed by atoms with E-state index in [4.69, 9.17) is 12.2 Å². The van der Waals surface area contributed by atoms with Crippen LogP contribution >= 0.6 is 24.0 Å². The number of aromatic amines is 2. The molecule has 15 heavy (non-hydrogen) atoms. The summed E-state index contributed by atoms with van der Waals surface area (Å²) in [7, 11) is -4.10. The molecule has 0 radical (unpaired) electrons. The van der Waals surface area contributed by atoms with Crippen molar-refractivity contribution in [1.29, 1.82) is 0 Å². The number of nitrogens with one attached hydrogen (secondary N) is 2. The van der Waals surface area contributed by atoms with Gasteiger partial charge >= 0.3 is 29.6 Å². The van der Waals surface area contributed by atoms with E-state index in [-0.39, 0.29) is 35.3 Å². The molecule has 0 aromatic carbocycles. The first-order chi connectivity index (χ1) is 6.47. The van der Waals surface area contributed by atoms with Crippen LogP contribution in [-0.2, 0) is 10.1 Å². The van der Waals surface area contributed by atoms with Crippen molar-refractivity contribution in [3.05, 3.63) is 4.77 Å². The van der Waals surface area contributed by atoms with Crippen LogP contribution in [0.4, 0.5) is 0 Å². The van der Waals surface area contributed by atoms with Crippen LogP contribution < -0.4 is 29.6 Å². The fourth-order valence-corrected chi connectivity index (χ4v) is 2.37. The average molecular weight is 277 g/mol. The first-order valence-electron chi connectivity index (χ1n) is 3.68. The number of rotatable bonds is 5. The molecule has 0 aliphatic rings. The summed E-state index contributed by atoms with van der Waals surface area (Å²) >= 11 is 6.03. The van der Waals surface area contributed by atoms with E-state index in [1.807, 2.05) is 0 Å². The van der Waals surface area contributed by atoms with Crippen LogP contribution in [0.1, 0.15) is 6.42 Å². The summed E-state index contributed by atoms with van der Waals surface area (Å²) in [6, 6.07) is 0. The summed E-state index contributed by atoms with van der Waals surface area (Å²) in [5.41, 5.74) is 0. The first kappa shape index (κ1) is 15.6. The van der Waals surface area contributed by atoms with Crippen molar-refractivity contribution in [3.8, 4) is 0 Å². The Morgan fingerprint density at radius 1 is 1.47 bits per heavy atom. The zero-order valence-electron chi connectivity index (χ0n) is 8.02. The molecule has 0 amide bonds. The van der Waals surface area contributed by atoms with Gasteiger partial charge in [-0.05, 0) is 18.6 Å². The molecule has 0 saturated carbocycles. The number of nitrogens with zero attached hydrogens (tertiary/aromatic N) is 1. The maximum Gasteiger partial charge on any atom is 1.00 e. The molecule has 1 heterocycles. The molecule has 1 rings (SSSR count). The quantitative estimate of drug-likeness (QED) is 0.203. The van der Waals surface area contributed by atoms with Gasteiger partial charge in [-0.1, -0.05) is 11.8 Å². The molecule has 0 bridgehead atoms. The minimum absolute atomic E-state index is 0. The van der Waals surface area contributed by atoms with Crippen LogP contribution in [0.5, 0.6) is 0 Å². The van der Waals surface area contributed by atoms with Crippen molar-refractivity contribution < 1.29 is 42.5 Å². The Morgan fingerprint density at radius 3 is 2.60 bits per heavy atom. The summed E-state index contributed by atoms with van der Waals surface area (Å²) in [4.78, 5) is 3.88. The van der Waals surface area contributed by atoms with Crippen molar-refractivity contribution in [2.24, 2.45) is 0 Å². The van der Waals surface area contributed by atoms with Gasteiger partial charge in [-0.2, -0.15) is 4.98 Å². The Kier molecular flexibility index (Phi) is 7.34. The molecule has 10 heteroatoms. The van der Waals surface area contributed by atoms with Gasteiger partial charge in [0.15, 0.2) is 5.16 Å². The third kappa shape index (κ3) is 7.50. The predicted molar refractivity (Wildman–Crippen MR) is 53.7 cm³/mol. The third-order valence-corrected chi connectivity index (χ3v) is 3.20. The average Bonchev–Trinajstić information content (AvgIpc) is 2.44. The minimum atomic E-state index is -4.10. The van der Waals surface area contributed by atoms with Crippen molar-refractivity contribution >= 4 is 34.1 Å². The Morgan fingerprint density at radius 2 is 2.13 bits per heavy atom. The SMILES string of the molecule is O=S(=O)([O-])CCCSc1nc(=S)[nH][nH]1.[Na+]. The predicted octanol–water partition coefficient (Wildman–Crippen LogP) is -2.50. The van der Waals surface area contributed by atoms with Crippen LogP contribution in [0.3, 0.4) is 0 Å². The smallest absolute Gasteiger partial charge is 0.748 e. The van der Waals surface area contributed by atoms with Crippen LogP contribution in [0.15, 0.2) is 5.16 Å². The van der Waals surface area contributed by atoms with E-state index in [2.05, 4.69) is 15.2 Å². The molecule has 0 aliphatic heterocycles. The molecule has 0 aliphatic carbocycles. The molecule has 80 valence electrons. The Hall–Kier alpha value is 0.620. The number of aromatic nitrogens is 3. The van der Waals surface area contributed by atoms with Gasteiger partial charge in [0.25, 0.3) is 0 Å². The molecule has 0 saturated heterocycles. The van der Waals surface area contributed by atoms with Crippen molar-refractivity contribution in [2.45, 2.75) is 11.6 Å². The van der Waals surface area contributed by atoms with E-state index in [0.717, 1.165) is 0 Å². The Labute approximate surface area is 119 Å². The molecule has 0 atom stereocenters. The van der Waals surface area contributed by atoms with Crippen LogP contribution in [-0.4, -0.2) is 39.7 Å². The molecule has 1 aromatic heterocycles. The third-order valence-electron chi connectivity index (χ3n) is 1.26. The first-order valence-corrected chi connectivity index (χ1v) is 6.65. The molecule has 6 nitrogen and oxygen atoms in total. The van der Waals surface area contributed by atoms with Gasteiger partial charge in [-0.25, -0.2) is 8.42 Å². The molecule has 0 spiro atoms. The monoisotopic (exact) mass is 277 g/mol. The Bertz CT molecular complexity index is 440. The molecule has 2 N–H and O–H groups in total. The van der Waals surface area contributed by atoms with E-state index in [9.17, 15) is 13.0 Å². The summed E-state index contributed by atoms with van der Waals surface area (Å²) < 4.78 is 31.1. The van der Waals surface area contributed by atoms with Gasteiger partial charge in [0.05, 0.1) is 10.1 Å². The van der Waals surface area contributed by atoms with E-state index in [0.29, 0.717) is 22.1 Å². The fraction of sp³-hybridized carbons (Fsp3) is 0.600. The zero-order chi connectivity index (χ0) is 10.6. The van der Waals surface area contributed by atoms with Gasteiger partial charge in [0, 0.05) is 11.5 Å². The molecule has 1 aromatic rings. The number of hydrogen-bond donors (Lipinski definition) is 2. The van der Waals surface area contributed by atoms with Gasteiger partial charge < -0.3 is 4.55 Å². The molecule has 0 unspecified atom stereocenters. The number of thioether (sulfide) groups is 1. The topological polar surface area (TPSA) is 102 Å². The second-order valence-electron chi connectivity index (χ2n) is 2.44. The Balaban J connectivity index is 0.00000196. The van der Waals surface area contributed by atoms with Gasteiger partial charge in [0.1, 0.15) is 0 Å². The van der Waals surface area contributed by atoms with Crippen LogP contribution in [0.25, 0.3) is 0 Å². The van der Waals surface area contributed by atoms with E-state index in [1.54, 1.807) is 0 Å². The number of hydrogen-bond acceptors (Lipinski definition) is 6. The van der Waals surface area contributed by atoms with Gasteiger partial charge in [-0.3, -0.25) is 10.2 Å². The van der Waals surface area contributed by atoms with Crippen LogP contribution in [0.2, 0.25) is 0 Å². The zero-order valence-corrected chi connectivity index (χ0v) is 12.5.